The molecule has 0 aliphatic carbocycles. The Labute approximate surface area is 126 Å². The van der Waals surface area contributed by atoms with Crippen LogP contribution >= 0.6 is 0 Å². The summed E-state index contributed by atoms with van der Waals surface area (Å²) in [5, 5.41) is 2.39. The predicted molar refractivity (Wildman–Crippen MR) is 76.6 cm³/mol. The fraction of sp³-hybridized carbons (Fsp3) is 0. The zero-order valence-electron chi connectivity index (χ0n) is 10.2. The Morgan fingerprint density at radius 3 is 2.32 bits per heavy atom. The Bertz CT molecular complexity index is 621. The molecular weight excluding hydrogens is 329 g/mol. The van der Waals surface area contributed by atoms with Gasteiger partial charge in [-0.15, -0.1) is 35.9 Å². The molecule has 19 heavy (non-hydrogen) atoms. The molecule has 0 radical (unpaired) electrons. The van der Waals surface area contributed by atoms with Crippen LogP contribution < -0.4 is 0 Å². The number of benzene rings is 2. The fourth-order valence-electron chi connectivity index (χ4n) is 1.87. The summed E-state index contributed by atoms with van der Waals surface area (Å²) in [4.78, 5) is 4.45. The molecule has 3 nitrogen and oxygen atoms in total. The second-order valence-electron chi connectivity index (χ2n) is 3.66. The SMILES string of the molecule is [NH2-].[NH2-].[Pd].[c-]1ccccc1-c1nccc2ccccc12. The molecule has 0 spiro atoms. The van der Waals surface area contributed by atoms with Crippen molar-refractivity contribution in [1.29, 1.82) is 0 Å². The van der Waals surface area contributed by atoms with E-state index in [9.17, 15) is 0 Å². The molecule has 1 aromatic heterocycles. The van der Waals surface area contributed by atoms with E-state index in [1.54, 1.807) is 0 Å². The van der Waals surface area contributed by atoms with Crippen LogP contribution in [-0.4, -0.2) is 4.98 Å². The van der Waals surface area contributed by atoms with Crippen LogP contribution in [0.15, 0.2) is 60.8 Å². The van der Waals surface area contributed by atoms with Crippen LogP contribution in [-0.2, 0) is 20.4 Å². The average Bonchev–Trinajstić information content (AvgIpc) is 2.39. The zero-order valence-corrected chi connectivity index (χ0v) is 11.7. The molecule has 2 aromatic carbocycles. The number of nitrogens with two attached hydrogens (primary N) is 2. The van der Waals surface area contributed by atoms with Crippen molar-refractivity contribution in [3.63, 3.8) is 0 Å². The van der Waals surface area contributed by atoms with Crippen molar-refractivity contribution in [3.05, 3.63) is 79.2 Å². The monoisotopic (exact) mass is 342 g/mol. The second kappa shape index (κ2) is 7.78. The first-order valence-electron chi connectivity index (χ1n) is 5.26. The Morgan fingerprint density at radius 2 is 1.58 bits per heavy atom. The summed E-state index contributed by atoms with van der Waals surface area (Å²) in [7, 11) is 0. The zero-order chi connectivity index (χ0) is 10.8. The van der Waals surface area contributed by atoms with E-state index in [0.717, 1.165) is 11.3 Å². The van der Waals surface area contributed by atoms with Gasteiger partial charge in [-0.3, -0.25) is 0 Å². The van der Waals surface area contributed by atoms with Crippen molar-refractivity contribution in [2.45, 2.75) is 0 Å². The van der Waals surface area contributed by atoms with Gasteiger partial charge in [-0.05, 0) is 22.5 Å². The Balaban J connectivity index is 0.00000108. The maximum atomic E-state index is 4.45. The summed E-state index contributed by atoms with van der Waals surface area (Å²) >= 11 is 0. The van der Waals surface area contributed by atoms with Crippen LogP contribution in [0.25, 0.3) is 34.3 Å². The van der Waals surface area contributed by atoms with Gasteiger partial charge in [-0.25, -0.2) is 0 Å². The Kier molecular flexibility index (Phi) is 7.14. The fourth-order valence-corrected chi connectivity index (χ4v) is 1.87. The molecule has 0 saturated heterocycles. The molecule has 0 unspecified atom stereocenters. The molecular formula is C15H14N3Pd-3. The van der Waals surface area contributed by atoms with Gasteiger partial charge in [0.05, 0.1) is 0 Å². The molecule has 1 heterocycles. The first-order valence-corrected chi connectivity index (χ1v) is 5.26. The van der Waals surface area contributed by atoms with Crippen LogP contribution in [0.1, 0.15) is 0 Å². The minimum Gasteiger partial charge on any atom is -0.693 e. The number of aromatic nitrogens is 1. The normalized spacial score (nSPS) is 8.84. The van der Waals surface area contributed by atoms with Crippen LogP contribution in [0.2, 0.25) is 0 Å². The van der Waals surface area contributed by atoms with Gasteiger partial charge in [0, 0.05) is 26.6 Å². The maximum absolute atomic E-state index is 4.45. The van der Waals surface area contributed by atoms with Crippen molar-refractivity contribution in [2.75, 3.05) is 0 Å². The van der Waals surface area contributed by atoms with Gasteiger partial charge < -0.3 is 17.3 Å². The first-order chi connectivity index (χ1) is 7.95. The van der Waals surface area contributed by atoms with Gasteiger partial charge >= 0.3 is 0 Å². The molecule has 3 aromatic rings. The van der Waals surface area contributed by atoms with E-state index in [4.69, 9.17) is 0 Å². The first kappa shape index (κ1) is 17.4. The number of hydrogen-bond donors (Lipinski definition) is 0. The summed E-state index contributed by atoms with van der Waals surface area (Å²) in [5.74, 6) is 0. The van der Waals surface area contributed by atoms with Gasteiger partial charge in [-0.2, -0.15) is 0 Å². The molecule has 0 aliphatic rings. The van der Waals surface area contributed by atoms with Gasteiger partial charge in [0.15, 0.2) is 0 Å². The van der Waals surface area contributed by atoms with Crippen LogP contribution in [0, 0.1) is 6.07 Å². The average molecular weight is 343 g/mol. The van der Waals surface area contributed by atoms with E-state index in [1.807, 2.05) is 48.7 Å². The molecule has 0 saturated carbocycles. The molecule has 0 fully saturated rings. The third-order valence-corrected chi connectivity index (χ3v) is 2.64. The number of hydrogen-bond acceptors (Lipinski definition) is 1. The summed E-state index contributed by atoms with van der Waals surface area (Å²) in [6.07, 6.45) is 1.85. The molecule has 0 bridgehead atoms. The Hall–Kier alpha value is -1.57. The number of pyridine rings is 1. The molecule has 0 aliphatic heterocycles. The number of rotatable bonds is 1. The van der Waals surface area contributed by atoms with Crippen LogP contribution in [0.4, 0.5) is 0 Å². The molecule has 3 rings (SSSR count). The van der Waals surface area contributed by atoms with Gasteiger partial charge in [0.2, 0.25) is 0 Å². The minimum atomic E-state index is 0. The van der Waals surface area contributed by atoms with E-state index in [1.165, 1.54) is 10.8 Å². The summed E-state index contributed by atoms with van der Waals surface area (Å²) in [6.45, 7) is 0. The van der Waals surface area contributed by atoms with E-state index in [2.05, 4.69) is 23.2 Å². The number of fused-ring (bicyclic) bond motifs is 1. The van der Waals surface area contributed by atoms with Crippen molar-refractivity contribution < 1.29 is 20.4 Å². The molecule has 4 heteroatoms. The van der Waals surface area contributed by atoms with E-state index in [0.29, 0.717) is 0 Å². The van der Waals surface area contributed by atoms with Crippen molar-refractivity contribution >= 4 is 10.8 Å². The van der Waals surface area contributed by atoms with Crippen molar-refractivity contribution in [1.82, 2.24) is 4.98 Å². The summed E-state index contributed by atoms with van der Waals surface area (Å²) in [6, 6.07) is 21.4. The van der Waals surface area contributed by atoms with E-state index < -0.39 is 0 Å². The van der Waals surface area contributed by atoms with Gasteiger partial charge in [-0.1, -0.05) is 24.3 Å². The van der Waals surface area contributed by atoms with Crippen molar-refractivity contribution in [3.8, 4) is 11.3 Å². The molecule has 0 atom stereocenters. The smallest absolute Gasteiger partial charge is 0.0167 e. The quantitative estimate of drug-likeness (QED) is 0.445. The minimum absolute atomic E-state index is 0. The third kappa shape index (κ3) is 3.46. The molecule has 102 valence electrons. The van der Waals surface area contributed by atoms with Gasteiger partial charge in [0.1, 0.15) is 0 Å². The predicted octanol–water partition coefficient (Wildman–Crippen LogP) is 5.13. The standard InChI is InChI=1S/C15H10N.2H2N.Pd/c1-2-7-13(8-3-1)15-14-9-5-4-6-12(14)10-11-16-15;;;/h1-7,9-11H;2*1H2;/q3*-1;. The van der Waals surface area contributed by atoms with Crippen LogP contribution in [0.3, 0.4) is 0 Å². The van der Waals surface area contributed by atoms with E-state index in [-0.39, 0.29) is 32.7 Å². The number of nitrogens with zero attached hydrogens (tertiary/aromatic N) is 1. The summed E-state index contributed by atoms with van der Waals surface area (Å²) < 4.78 is 0. The van der Waals surface area contributed by atoms with Crippen LogP contribution in [0.5, 0.6) is 0 Å². The largest absolute Gasteiger partial charge is 0.693 e. The topological polar surface area (TPSA) is 79.9 Å². The van der Waals surface area contributed by atoms with Gasteiger partial charge in [0.25, 0.3) is 0 Å². The van der Waals surface area contributed by atoms with E-state index >= 15 is 0 Å². The Morgan fingerprint density at radius 1 is 0.842 bits per heavy atom. The maximum Gasteiger partial charge on any atom is 0.0167 e. The molecule has 0 amide bonds. The summed E-state index contributed by atoms with van der Waals surface area (Å²) in [5.41, 5.74) is 2.04. The third-order valence-electron chi connectivity index (χ3n) is 2.64. The van der Waals surface area contributed by atoms with Crippen molar-refractivity contribution in [2.24, 2.45) is 0 Å². The molecule has 4 N–H and O–H groups in total. The second-order valence-corrected chi connectivity index (χ2v) is 3.66.